The molecule has 2 aromatic rings. The molecule has 1 aromatic heterocycles. The van der Waals surface area contributed by atoms with Crippen LogP contribution in [-0.4, -0.2) is 35.1 Å². The first kappa shape index (κ1) is 14.5. The zero-order valence-electron chi connectivity index (χ0n) is 11.8. The maximum atomic E-state index is 10.8. The second kappa shape index (κ2) is 6.15. The molecule has 2 heterocycles. The maximum absolute atomic E-state index is 10.8. The summed E-state index contributed by atoms with van der Waals surface area (Å²) in [6, 6.07) is 11.4. The third-order valence-electron chi connectivity index (χ3n) is 3.25. The molecule has 3 rings (SSSR count). The van der Waals surface area contributed by atoms with Crippen LogP contribution in [-0.2, 0) is 0 Å². The van der Waals surface area contributed by atoms with Crippen LogP contribution in [0.5, 0.6) is 0 Å². The molecule has 0 aliphatic carbocycles. The lowest BCUT2D eigenvalue weighted by molar-refractivity contribution is 0.529. The topological polar surface area (TPSA) is 70.3 Å². The summed E-state index contributed by atoms with van der Waals surface area (Å²) >= 11 is 3.47. The highest BCUT2D eigenvalue weighted by molar-refractivity contribution is 9.10. The molecule has 0 radical (unpaired) electrons. The highest BCUT2D eigenvalue weighted by atomic mass is 79.9. The van der Waals surface area contributed by atoms with Gasteiger partial charge in [0.25, 0.3) is 0 Å². The predicted octanol–water partition coefficient (Wildman–Crippen LogP) is 3.34. The lowest BCUT2D eigenvalue weighted by Crippen LogP contribution is -2.23. The monoisotopic (exact) mass is 357 g/mol. The zero-order valence-corrected chi connectivity index (χ0v) is 13.4. The SMILES string of the molecule is CN(N=O)C1=Nc2ccc(Br)cc2C(c2ccccn2)=NC1. The van der Waals surface area contributed by atoms with Crippen molar-refractivity contribution in [1.82, 2.24) is 9.99 Å². The molecule has 7 heteroatoms. The minimum absolute atomic E-state index is 0.264. The van der Waals surface area contributed by atoms with Crippen molar-refractivity contribution in [3.63, 3.8) is 0 Å². The fraction of sp³-hybridized carbons (Fsp3) is 0.133. The van der Waals surface area contributed by atoms with E-state index in [1.165, 1.54) is 5.01 Å². The second-order valence-electron chi connectivity index (χ2n) is 4.67. The third-order valence-corrected chi connectivity index (χ3v) is 3.74. The maximum Gasteiger partial charge on any atom is 0.150 e. The van der Waals surface area contributed by atoms with Crippen LogP contribution < -0.4 is 0 Å². The van der Waals surface area contributed by atoms with Crippen LogP contribution in [0.25, 0.3) is 0 Å². The van der Waals surface area contributed by atoms with E-state index in [2.05, 4.69) is 36.2 Å². The van der Waals surface area contributed by atoms with Gasteiger partial charge in [-0.05, 0) is 30.3 Å². The lowest BCUT2D eigenvalue weighted by Gasteiger charge is -2.08. The van der Waals surface area contributed by atoms with Gasteiger partial charge in [0.1, 0.15) is 5.84 Å². The van der Waals surface area contributed by atoms with Gasteiger partial charge in [-0.2, -0.15) is 0 Å². The Hall–Kier alpha value is -2.41. The highest BCUT2D eigenvalue weighted by Crippen LogP contribution is 2.28. The van der Waals surface area contributed by atoms with E-state index in [0.717, 1.165) is 27.1 Å². The van der Waals surface area contributed by atoms with E-state index in [9.17, 15) is 4.91 Å². The number of rotatable bonds is 2. The van der Waals surface area contributed by atoms with Gasteiger partial charge in [-0.25, -0.2) is 10.0 Å². The molecule has 0 amide bonds. The van der Waals surface area contributed by atoms with E-state index >= 15 is 0 Å². The number of aromatic nitrogens is 1. The molecule has 1 aliphatic rings. The molecule has 22 heavy (non-hydrogen) atoms. The van der Waals surface area contributed by atoms with Crippen molar-refractivity contribution < 1.29 is 0 Å². The summed E-state index contributed by atoms with van der Waals surface area (Å²) in [5.41, 5.74) is 3.10. The van der Waals surface area contributed by atoms with Gasteiger partial charge in [0.15, 0.2) is 0 Å². The Kier molecular flexibility index (Phi) is 4.06. The molecule has 0 fully saturated rings. The Morgan fingerprint density at radius 3 is 2.86 bits per heavy atom. The quantitative estimate of drug-likeness (QED) is 0.611. The van der Waals surface area contributed by atoms with Crippen LogP contribution in [0.15, 0.2) is 62.3 Å². The van der Waals surface area contributed by atoms with Crippen molar-refractivity contribution in [2.45, 2.75) is 0 Å². The number of hydrogen-bond acceptors (Lipinski definition) is 5. The lowest BCUT2D eigenvalue weighted by atomic mass is 10.0. The number of fused-ring (bicyclic) bond motifs is 1. The van der Waals surface area contributed by atoms with Crippen molar-refractivity contribution in [2.24, 2.45) is 15.3 Å². The summed E-state index contributed by atoms with van der Waals surface area (Å²) in [5.74, 6) is 0.490. The van der Waals surface area contributed by atoms with Crippen molar-refractivity contribution in [1.29, 1.82) is 0 Å². The molecule has 1 aromatic carbocycles. The first-order valence-electron chi connectivity index (χ1n) is 6.59. The van der Waals surface area contributed by atoms with E-state index in [4.69, 9.17) is 0 Å². The number of pyridine rings is 1. The first-order chi connectivity index (χ1) is 10.7. The van der Waals surface area contributed by atoms with Crippen molar-refractivity contribution in [3.05, 3.63) is 63.2 Å². The van der Waals surface area contributed by atoms with Crippen LogP contribution in [0.4, 0.5) is 5.69 Å². The van der Waals surface area contributed by atoms with E-state index in [0.29, 0.717) is 5.84 Å². The number of nitrogens with zero attached hydrogens (tertiary/aromatic N) is 5. The fourth-order valence-corrected chi connectivity index (χ4v) is 2.51. The summed E-state index contributed by atoms with van der Waals surface area (Å²) in [5, 5.41) is 4.09. The third kappa shape index (κ3) is 2.80. The van der Waals surface area contributed by atoms with Crippen molar-refractivity contribution >= 4 is 33.2 Å². The van der Waals surface area contributed by atoms with Crippen LogP contribution in [0, 0.1) is 4.91 Å². The molecule has 0 spiro atoms. The van der Waals surface area contributed by atoms with Gasteiger partial charge in [0, 0.05) is 23.3 Å². The average molecular weight is 358 g/mol. The molecule has 0 atom stereocenters. The van der Waals surface area contributed by atoms with Crippen LogP contribution in [0.1, 0.15) is 11.3 Å². The predicted molar refractivity (Wildman–Crippen MR) is 89.5 cm³/mol. The molecule has 0 bridgehead atoms. The summed E-state index contributed by atoms with van der Waals surface area (Å²) in [4.78, 5) is 24.2. The van der Waals surface area contributed by atoms with Crippen LogP contribution in [0.3, 0.4) is 0 Å². The van der Waals surface area contributed by atoms with E-state index in [-0.39, 0.29) is 6.54 Å². The van der Waals surface area contributed by atoms with E-state index in [1.54, 1.807) is 13.2 Å². The number of hydrogen-bond donors (Lipinski definition) is 0. The van der Waals surface area contributed by atoms with Crippen LogP contribution >= 0.6 is 15.9 Å². The van der Waals surface area contributed by atoms with Gasteiger partial charge in [-0.3, -0.25) is 9.98 Å². The van der Waals surface area contributed by atoms with Gasteiger partial charge in [-0.1, -0.05) is 22.0 Å². The molecule has 0 unspecified atom stereocenters. The average Bonchev–Trinajstić information content (AvgIpc) is 2.74. The highest BCUT2D eigenvalue weighted by Gasteiger charge is 2.19. The number of likely N-dealkylation sites (N-methyl/N-ethyl adjacent to an activating group) is 1. The Bertz CT molecular complexity index is 773. The first-order valence-corrected chi connectivity index (χ1v) is 7.38. The van der Waals surface area contributed by atoms with Gasteiger partial charge >= 0.3 is 0 Å². The number of amidine groups is 1. The fourth-order valence-electron chi connectivity index (χ4n) is 2.15. The number of aliphatic imine (C=N–C) groups is 2. The number of nitroso groups, excluding NO2 is 1. The van der Waals surface area contributed by atoms with Crippen molar-refractivity contribution in [3.8, 4) is 0 Å². The molecular formula is C15H12BrN5O. The van der Waals surface area contributed by atoms with E-state index < -0.39 is 0 Å². The summed E-state index contributed by atoms with van der Waals surface area (Å²) in [6.45, 7) is 0.264. The molecule has 110 valence electrons. The standard InChI is InChI=1S/C15H12BrN5O/c1-21(20-22)14-9-18-15(13-4-2-3-7-17-13)11-8-10(16)5-6-12(11)19-14/h2-8H,9H2,1H3. The molecule has 0 saturated heterocycles. The van der Waals surface area contributed by atoms with Gasteiger partial charge in [0.2, 0.25) is 0 Å². The molecular weight excluding hydrogens is 346 g/mol. The molecule has 1 aliphatic heterocycles. The summed E-state index contributed by atoms with van der Waals surface area (Å²) in [6.07, 6.45) is 1.72. The Morgan fingerprint density at radius 1 is 1.27 bits per heavy atom. The smallest absolute Gasteiger partial charge is 0.150 e. The molecule has 6 nitrogen and oxygen atoms in total. The Labute approximate surface area is 135 Å². The molecule has 0 N–H and O–H groups in total. The van der Waals surface area contributed by atoms with Gasteiger partial charge in [0.05, 0.1) is 28.9 Å². The normalized spacial score (nSPS) is 13.5. The Morgan fingerprint density at radius 2 is 2.14 bits per heavy atom. The molecule has 0 saturated carbocycles. The zero-order chi connectivity index (χ0) is 15.5. The summed E-state index contributed by atoms with van der Waals surface area (Å²) < 4.78 is 0.926. The van der Waals surface area contributed by atoms with Gasteiger partial charge < -0.3 is 0 Å². The largest absolute Gasteiger partial charge is 0.274 e. The van der Waals surface area contributed by atoms with E-state index in [1.807, 2.05) is 36.4 Å². The second-order valence-corrected chi connectivity index (χ2v) is 5.59. The van der Waals surface area contributed by atoms with Gasteiger partial charge in [-0.15, -0.1) is 4.91 Å². The minimum atomic E-state index is 0.264. The number of benzene rings is 1. The minimum Gasteiger partial charge on any atom is -0.274 e. The number of halogens is 1. The Balaban J connectivity index is 2.17. The van der Waals surface area contributed by atoms with Crippen LogP contribution in [0.2, 0.25) is 0 Å². The van der Waals surface area contributed by atoms with Crippen molar-refractivity contribution in [2.75, 3.05) is 13.6 Å². The summed E-state index contributed by atoms with van der Waals surface area (Å²) in [7, 11) is 1.56.